The Morgan fingerprint density at radius 1 is 1.08 bits per heavy atom. The second-order valence-electron chi connectivity index (χ2n) is 5.24. The summed E-state index contributed by atoms with van der Waals surface area (Å²) >= 11 is 0. The van der Waals surface area contributed by atoms with Crippen LogP contribution in [0.2, 0.25) is 0 Å². The van der Waals surface area contributed by atoms with Crippen LogP contribution < -0.4 is 4.74 Å². The quantitative estimate of drug-likeness (QED) is 0.574. The summed E-state index contributed by atoms with van der Waals surface area (Å²) in [5.41, 5.74) is 1.71. The minimum atomic E-state index is -4.45. The van der Waals surface area contributed by atoms with Gasteiger partial charge in [-0.1, -0.05) is 24.3 Å². The fraction of sp³-hybridized carbons (Fsp3) is 0.278. The summed E-state index contributed by atoms with van der Waals surface area (Å²) in [6.07, 6.45) is -3.71. The van der Waals surface area contributed by atoms with Gasteiger partial charge in [0.05, 0.1) is 12.2 Å². The molecule has 0 amide bonds. The average molecular weight is 338 g/mol. The van der Waals surface area contributed by atoms with Crippen LogP contribution in [-0.2, 0) is 10.9 Å². The summed E-state index contributed by atoms with van der Waals surface area (Å²) in [5, 5.41) is 0. The van der Waals surface area contributed by atoms with Crippen LogP contribution in [0.3, 0.4) is 0 Å². The van der Waals surface area contributed by atoms with Crippen LogP contribution in [0.25, 0.3) is 11.1 Å². The number of benzene rings is 2. The number of carbonyl (C=O) groups is 1. The lowest BCUT2D eigenvalue weighted by Crippen LogP contribution is -2.08. The first-order valence-electron chi connectivity index (χ1n) is 7.26. The molecule has 0 fully saturated rings. The number of carbonyl (C=O) groups excluding carboxylic acids is 1. The number of aryl methyl sites for hydroxylation is 1. The minimum Gasteiger partial charge on any atom is -0.491 e. The van der Waals surface area contributed by atoms with E-state index in [4.69, 9.17) is 9.47 Å². The number of ether oxygens (including phenoxy) is 2. The molecule has 0 aromatic heterocycles. The lowest BCUT2D eigenvalue weighted by Gasteiger charge is -2.15. The number of methoxy groups -OCH3 is 1. The van der Waals surface area contributed by atoms with E-state index in [2.05, 4.69) is 0 Å². The maximum Gasteiger partial charge on any atom is 0.416 e. The lowest BCUT2D eigenvalue weighted by molar-refractivity contribution is -0.137. The number of hydrogen-bond acceptors (Lipinski definition) is 3. The first kappa shape index (κ1) is 18.0. The van der Waals surface area contributed by atoms with Gasteiger partial charge in [-0.3, -0.25) is 4.79 Å². The first-order chi connectivity index (χ1) is 11.4. The van der Waals surface area contributed by atoms with Crippen molar-refractivity contribution in [1.29, 1.82) is 0 Å². The third-order valence-corrected chi connectivity index (χ3v) is 3.56. The molecule has 0 saturated heterocycles. The van der Waals surface area contributed by atoms with Crippen LogP contribution in [0, 0.1) is 6.92 Å². The summed E-state index contributed by atoms with van der Waals surface area (Å²) in [4.78, 5) is 10.9. The van der Waals surface area contributed by atoms with Crippen molar-refractivity contribution < 1.29 is 27.4 Å². The van der Waals surface area contributed by atoms with E-state index in [-0.39, 0.29) is 19.0 Å². The maximum absolute atomic E-state index is 12.9. The van der Waals surface area contributed by atoms with Crippen molar-refractivity contribution in [2.75, 3.05) is 20.3 Å². The van der Waals surface area contributed by atoms with E-state index < -0.39 is 11.7 Å². The molecule has 0 saturated carbocycles. The molecule has 2 rings (SSSR count). The first-order valence-corrected chi connectivity index (χ1v) is 7.26. The highest BCUT2D eigenvalue weighted by molar-refractivity contribution is 5.80. The molecule has 128 valence electrons. The summed E-state index contributed by atoms with van der Waals surface area (Å²) in [6.45, 7) is 2.16. The highest BCUT2D eigenvalue weighted by Crippen LogP contribution is 2.37. The minimum absolute atomic E-state index is 0.125. The molecule has 0 spiro atoms. The Balaban J connectivity index is 2.47. The van der Waals surface area contributed by atoms with E-state index in [9.17, 15) is 18.0 Å². The van der Waals surface area contributed by atoms with Gasteiger partial charge >= 0.3 is 6.18 Å². The van der Waals surface area contributed by atoms with Gasteiger partial charge < -0.3 is 9.47 Å². The van der Waals surface area contributed by atoms with Crippen molar-refractivity contribution >= 4 is 6.29 Å². The van der Waals surface area contributed by atoms with Crippen molar-refractivity contribution in [3.05, 3.63) is 53.1 Å². The van der Waals surface area contributed by atoms with Crippen LogP contribution in [0.4, 0.5) is 13.2 Å². The second kappa shape index (κ2) is 7.49. The molecule has 0 N–H and O–H groups in total. The zero-order valence-electron chi connectivity index (χ0n) is 13.3. The Kier molecular flexibility index (Phi) is 5.62. The molecule has 6 heteroatoms. The second-order valence-corrected chi connectivity index (χ2v) is 5.24. The Labute approximate surface area is 138 Å². The normalized spacial score (nSPS) is 11.4. The molecule has 0 atom stereocenters. The van der Waals surface area contributed by atoms with Crippen LogP contribution in [0.5, 0.6) is 5.75 Å². The van der Waals surface area contributed by atoms with Gasteiger partial charge in [-0.15, -0.1) is 0 Å². The highest BCUT2D eigenvalue weighted by Gasteiger charge is 2.31. The number of aldehydes is 1. The van der Waals surface area contributed by atoms with E-state index in [1.165, 1.54) is 13.2 Å². The summed E-state index contributed by atoms with van der Waals surface area (Å²) < 4.78 is 49.1. The van der Waals surface area contributed by atoms with E-state index >= 15 is 0 Å². The fourth-order valence-corrected chi connectivity index (χ4v) is 2.27. The van der Waals surface area contributed by atoms with Gasteiger partial charge in [0.25, 0.3) is 0 Å². The summed E-state index contributed by atoms with van der Waals surface area (Å²) in [7, 11) is 1.48. The molecule has 2 aromatic rings. The van der Waals surface area contributed by atoms with E-state index in [1.807, 2.05) is 0 Å². The Morgan fingerprint density at radius 2 is 1.83 bits per heavy atom. The van der Waals surface area contributed by atoms with Crippen molar-refractivity contribution in [3.63, 3.8) is 0 Å². The molecular weight excluding hydrogens is 321 g/mol. The molecule has 0 unspecified atom stereocenters. The van der Waals surface area contributed by atoms with Gasteiger partial charge in [0.15, 0.2) is 0 Å². The molecule has 0 aliphatic rings. The zero-order chi connectivity index (χ0) is 17.7. The smallest absolute Gasteiger partial charge is 0.416 e. The molecular formula is C18H17F3O3. The van der Waals surface area contributed by atoms with Crippen LogP contribution >= 0.6 is 0 Å². The molecule has 0 aliphatic heterocycles. The largest absolute Gasteiger partial charge is 0.491 e. The highest BCUT2D eigenvalue weighted by atomic mass is 19.4. The van der Waals surface area contributed by atoms with Crippen molar-refractivity contribution in [3.8, 4) is 16.9 Å². The molecule has 0 bridgehead atoms. The van der Waals surface area contributed by atoms with E-state index in [0.29, 0.717) is 16.7 Å². The lowest BCUT2D eigenvalue weighted by atomic mass is 9.98. The third-order valence-electron chi connectivity index (χ3n) is 3.56. The summed E-state index contributed by atoms with van der Waals surface area (Å²) in [6, 6.07) is 8.43. The van der Waals surface area contributed by atoms with E-state index in [1.54, 1.807) is 25.1 Å². The van der Waals surface area contributed by atoms with Crippen molar-refractivity contribution in [2.45, 2.75) is 13.1 Å². The molecule has 0 heterocycles. The number of halogens is 3. The Hall–Kier alpha value is -2.34. The standard InChI is InChI=1S/C18H17F3O3/c1-12-9-13(3-4-14(12)11-22)16-6-5-15(18(19,20)21)10-17(16)24-8-7-23-2/h3-6,9-11H,7-8H2,1-2H3. The zero-order valence-corrected chi connectivity index (χ0v) is 13.3. The van der Waals surface area contributed by atoms with Gasteiger partial charge in [0, 0.05) is 18.2 Å². The third kappa shape index (κ3) is 4.14. The van der Waals surface area contributed by atoms with Crippen LogP contribution in [0.15, 0.2) is 36.4 Å². The molecule has 2 aromatic carbocycles. The van der Waals surface area contributed by atoms with Crippen LogP contribution in [0.1, 0.15) is 21.5 Å². The van der Waals surface area contributed by atoms with Gasteiger partial charge in [-0.25, -0.2) is 0 Å². The van der Waals surface area contributed by atoms with Gasteiger partial charge in [-0.05, 0) is 30.2 Å². The van der Waals surface area contributed by atoms with Gasteiger partial charge in [0.1, 0.15) is 18.6 Å². The molecule has 0 aliphatic carbocycles. The summed E-state index contributed by atoms with van der Waals surface area (Å²) in [5.74, 6) is 0.125. The molecule has 0 radical (unpaired) electrons. The average Bonchev–Trinajstić information content (AvgIpc) is 2.54. The topological polar surface area (TPSA) is 35.5 Å². The Bertz CT molecular complexity index is 724. The molecule has 24 heavy (non-hydrogen) atoms. The Morgan fingerprint density at radius 3 is 2.42 bits per heavy atom. The van der Waals surface area contributed by atoms with Crippen LogP contribution in [-0.4, -0.2) is 26.6 Å². The number of rotatable bonds is 6. The SMILES string of the molecule is COCCOc1cc(C(F)(F)F)ccc1-c1ccc(C=O)c(C)c1. The predicted molar refractivity (Wildman–Crippen MR) is 84.4 cm³/mol. The predicted octanol–water partition coefficient (Wildman–Crippen LogP) is 4.52. The fourth-order valence-electron chi connectivity index (χ4n) is 2.27. The number of hydrogen-bond donors (Lipinski definition) is 0. The maximum atomic E-state index is 12.9. The van der Waals surface area contributed by atoms with E-state index in [0.717, 1.165) is 24.0 Å². The van der Waals surface area contributed by atoms with Crippen molar-refractivity contribution in [2.24, 2.45) is 0 Å². The van der Waals surface area contributed by atoms with Crippen molar-refractivity contribution in [1.82, 2.24) is 0 Å². The monoisotopic (exact) mass is 338 g/mol. The van der Waals surface area contributed by atoms with Gasteiger partial charge in [0.2, 0.25) is 0 Å². The molecule has 3 nitrogen and oxygen atoms in total. The van der Waals surface area contributed by atoms with Gasteiger partial charge in [-0.2, -0.15) is 13.2 Å². The number of alkyl halides is 3.